The Kier molecular flexibility index (Phi) is 41.6. The quantitative estimate of drug-likeness (QED) is 0.0230. The van der Waals surface area contributed by atoms with Crippen LogP contribution < -0.4 is 5.73 Å². The average molecular weight is 860 g/mol. The second-order valence-corrected chi connectivity index (χ2v) is 18.1. The second kappa shape index (κ2) is 42.9. The Labute approximate surface area is 360 Å². The van der Waals surface area contributed by atoms with E-state index in [9.17, 15) is 23.8 Å². The third-order valence-electron chi connectivity index (χ3n) is 10.8. The van der Waals surface area contributed by atoms with E-state index in [2.05, 4.69) is 30.5 Å². The van der Waals surface area contributed by atoms with Gasteiger partial charge in [0.2, 0.25) is 0 Å². The number of hydrogen-bond donors (Lipinski definition) is 3. The number of nitrogens with two attached hydrogens (primary N) is 1. The van der Waals surface area contributed by atoms with E-state index in [-0.39, 0.29) is 19.4 Å². The van der Waals surface area contributed by atoms with Crippen molar-refractivity contribution in [2.75, 3.05) is 19.8 Å². The number of unbranched alkanes of at least 4 members (excludes halogenated alkanes) is 30. The molecular weight excluding hydrogens is 769 g/mol. The molecule has 348 valence electrons. The number of rotatable bonds is 46. The molecule has 0 amide bonds. The molecule has 0 heterocycles. The lowest BCUT2D eigenvalue weighted by atomic mass is 10.0. The van der Waals surface area contributed by atoms with Gasteiger partial charge in [0.05, 0.1) is 13.2 Å². The zero-order valence-corrected chi connectivity index (χ0v) is 38.8. The number of carboxylic acid groups (broad SMARTS) is 1. The Morgan fingerprint density at radius 2 is 0.864 bits per heavy atom. The maximum absolute atomic E-state index is 12.6. The summed E-state index contributed by atoms with van der Waals surface area (Å²) in [5, 5.41) is 8.89. The van der Waals surface area contributed by atoms with Crippen molar-refractivity contribution in [1.29, 1.82) is 0 Å². The fraction of sp³-hybridized carbons (Fsp3) is 0.894. The van der Waals surface area contributed by atoms with E-state index in [1.54, 1.807) is 0 Å². The zero-order chi connectivity index (χ0) is 43.5. The van der Waals surface area contributed by atoms with E-state index >= 15 is 0 Å². The lowest BCUT2D eigenvalue weighted by molar-refractivity contribution is -0.161. The lowest BCUT2D eigenvalue weighted by Gasteiger charge is -2.20. The summed E-state index contributed by atoms with van der Waals surface area (Å²) in [5.74, 6) is -2.38. The highest BCUT2D eigenvalue weighted by Crippen LogP contribution is 2.43. The van der Waals surface area contributed by atoms with Gasteiger partial charge in [0.1, 0.15) is 12.6 Å². The molecule has 0 aromatic carbocycles. The van der Waals surface area contributed by atoms with Gasteiger partial charge in [-0.25, -0.2) is 4.57 Å². The van der Waals surface area contributed by atoms with Crippen LogP contribution in [-0.2, 0) is 37.5 Å². The van der Waals surface area contributed by atoms with Crippen LogP contribution in [-0.4, -0.2) is 59.9 Å². The molecule has 0 saturated carbocycles. The van der Waals surface area contributed by atoms with Crippen molar-refractivity contribution in [2.24, 2.45) is 5.73 Å². The second-order valence-electron chi connectivity index (χ2n) is 16.6. The van der Waals surface area contributed by atoms with Crippen LogP contribution in [0.25, 0.3) is 0 Å². The molecule has 12 heteroatoms. The number of ether oxygens (including phenoxy) is 2. The molecule has 0 bridgehead atoms. The number of carbonyl (C=O) groups is 3. The Morgan fingerprint density at radius 1 is 0.508 bits per heavy atom. The summed E-state index contributed by atoms with van der Waals surface area (Å²) in [5.41, 5.74) is 5.33. The van der Waals surface area contributed by atoms with Crippen LogP contribution in [0.15, 0.2) is 12.2 Å². The summed E-state index contributed by atoms with van der Waals surface area (Å²) in [6, 6.07) is -1.52. The van der Waals surface area contributed by atoms with Crippen LogP contribution in [0.1, 0.15) is 239 Å². The first-order chi connectivity index (χ1) is 28.6. The molecule has 0 fully saturated rings. The molecule has 3 unspecified atom stereocenters. The number of allylic oxidation sites excluding steroid dienone is 2. The summed E-state index contributed by atoms with van der Waals surface area (Å²) < 4.78 is 32.7. The minimum absolute atomic E-state index is 0.154. The molecule has 0 aromatic rings. The van der Waals surface area contributed by atoms with Crippen molar-refractivity contribution >= 4 is 25.7 Å². The van der Waals surface area contributed by atoms with Crippen LogP contribution in [0.2, 0.25) is 0 Å². The van der Waals surface area contributed by atoms with Gasteiger partial charge in [-0.3, -0.25) is 23.4 Å². The molecular formula is C47H90NO10P. The van der Waals surface area contributed by atoms with Crippen LogP contribution in [0.3, 0.4) is 0 Å². The maximum atomic E-state index is 12.6. The molecule has 0 radical (unpaired) electrons. The largest absolute Gasteiger partial charge is 0.480 e. The van der Waals surface area contributed by atoms with Gasteiger partial charge in [-0.2, -0.15) is 0 Å². The Morgan fingerprint density at radius 3 is 1.29 bits per heavy atom. The molecule has 3 atom stereocenters. The number of phosphoric ester groups is 1. The van der Waals surface area contributed by atoms with E-state index < -0.39 is 51.1 Å². The maximum Gasteiger partial charge on any atom is 0.472 e. The Hall–Kier alpha value is -1.78. The first-order valence-electron chi connectivity index (χ1n) is 24.2. The Balaban J connectivity index is 4.11. The molecule has 0 rings (SSSR count). The number of aliphatic carboxylic acids is 1. The summed E-state index contributed by atoms with van der Waals surface area (Å²) in [7, 11) is -4.71. The zero-order valence-electron chi connectivity index (χ0n) is 37.9. The highest BCUT2D eigenvalue weighted by atomic mass is 31.2. The smallest absolute Gasteiger partial charge is 0.472 e. The van der Waals surface area contributed by atoms with E-state index in [0.717, 1.165) is 57.8 Å². The monoisotopic (exact) mass is 860 g/mol. The fourth-order valence-electron chi connectivity index (χ4n) is 6.93. The van der Waals surface area contributed by atoms with Crippen LogP contribution in [0.4, 0.5) is 0 Å². The van der Waals surface area contributed by atoms with Gasteiger partial charge in [0.15, 0.2) is 6.10 Å². The molecule has 59 heavy (non-hydrogen) atoms. The first kappa shape index (κ1) is 57.2. The fourth-order valence-corrected chi connectivity index (χ4v) is 7.71. The van der Waals surface area contributed by atoms with Gasteiger partial charge in [-0.05, 0) is 32.1 Å². The van der Waals surface area contributed by atoms with Crippen molar-refractivity contribution in [2.45, 2.75) is 251 Å². The van der Waals surface area contributed by atoms with Gasteiger partial charge >= 0.3 is 25.7 Å². The third kappa shape index (κ3) is 42.7. The molecule has 11 nitrogen and oxygen atoms in total. The first-order valence-corrected chi connectivity index (χ1v) is 25.7. The molecule has 0 aliphatic rings. The van der Waals surface area contributed by atoms with Gasteiger partial charge in [-0.1, -0.05) is 206 Å². The number of phosphoric acid groups is 1. The van der Waals surface area contributed by atoms with Crippen molar-refractivity contribution in [3.63, 3.8) is 0 Å². The van der Waals surface area contributed by atoms with Crippen LogP contribution in [0.5, 0.6) is 0 Å². The minimum atomic E-state index is -4.71. The van der Waals surface area contributed by atoms with Gasteiger partial charge in [0, 0.05) is 12.8 Å². The molecule has 0 saturated heterocycles. The van der Waals surface area contributed by atoms with Crippen molar-refractivity contribution < 1.29 is 47.5 Å². The number of carbonyl (C=O) groups excluding carboxylic acids is 2. The number of carboxylic acids is 1. The average Bonchev–Trinajstić information content (AvgIpc) is 3.21. The van der Waals surface area contributed by atoms with E-state index in [4.69, 9.17) is 24.8 Å². The third-order valence-corrected chi connectivity index (χ3v) is 11.7. The molecule has 4 N–H and O–H groups in total. The van der Waals surface area contributed by atoms with Gasteiger partial charge < -0.3 is 25.2 Å². The summed E-state index contributed by atoms with van der Waals surface area (Å²) >= 11 is 0. The van der Waals surface area contributed by atoms with E-state index in [1.165, 1.54) is 141 Å². The van der Waals surface area contributed by atoms with Crippen LogP contribution >= 0.6 is 7.82 Å². The number of esters is 2. The van der Waals surface area contributed by atoms with Crippen molar-refractivity contribution in [1.82, 2.24) is 0 Å². The predicted molar refractivity (Wildman–Crippen MR) is 240 cm³/mol. The topological polar surface area (TPSA) is 172 Å². The predicted octanol–water partition coefficient (Wildman–Crippen LogP) is 13.2. The summed E-state index contributed by atoms with van der Waals surface area (Å²) in [6.07, 6.45) is 44.4. The minimum Gasteiger partial charge on any atom is -0.480 e. The molecule has 0 aliphatic carbocycles. The normalized spacial score (nSPS) is 13.7. The van der Waals surface area contributed by atoms with E-state index in [1.807, 2.05) is 0 Å². The van der Waals surface area contributed by atoms with Crippen molar-refractivity contribution in [3.8, 4) is 0 Å². The number of hydrogen-bond acceptors (Lipinski definition) is 9. The molecule has 0 spiro atoms. The Bertz CT molecular complexity index is 1060. The highest BCUT2D eigenvalue weighted by molar-refractivity contribution is 7.47. The van der Waals surface area contributed by atoms with Crippen molar-refractivity contribution in [3.05, 3.63) is 12.2 Å². The molecule has 0 aliphatic heterocycles. The van der Waals surface area contributed by atoms with E-state index in [0.29, 0.717) is 12.8 Å². The highest BCUT2D eigenvalue weighted by Gasteiger charge is 2.28. The van der Waals surface area contributed by atoms with Gasteiger partial charge in [-0.15, -0.1) is 0 Å². The SMILES string of the molecule is CCCC/C=C\CCCCCCCC(=O)OC(COC(=O)CCCCCCCCCCCCCCCCCCCCCCCCCC)COP(=O)(O)OCC(N)C(=O)O. The standard InChI is InChI=1S/C47H90NO10P/c1-3-5-7-9-11-13-15-16-17-18-19-20-21-22-23-24-25-26-27-29-30-32-34-36-38-45(49)55-40-43(41-56-59(53,54)57-42-44(48)47(51)52)58-46(50)39-37-35-33-31-28-14-12-10-8-6-4-2/h10,12,43-44H,3-9,11,13-42,48H2,1-2H3,(H,51,52)(H,53,54)/b12-10-. The van der Waals surface area contributed by atoms with Crippen LogP contribution in [0, 0.1) is 0 Å². The lowest BCUT2D eigenvalue weighted by Crippen LogP contribution is -2.34. The summed E-state index contributed by atoms with van der Waals surface area (Å²) in [6.45, 7) is 2.79. The summed E-state index contributed by atoms with van der Waals surface area (Å²) in [4.78, 5) is 46.0. The molecule has 0 aromatic heterocycles. The van der Waals surface area contributed by atoms with Gasteiger partial charge in [0.25, 0.3) is 0 Å².